The molecule has 0 saturated carbocycles. The number of benzene rings is 1. The fourth-order valence-corrected chi connectivity index (χ4v) is 2.64. The van der Waals surface area contributed by atoms with Crippen LogP contribution in [0.4, 0.5) is 0 Å². The minimum Gasteiger partial charge on any atom is -0.248 e. The number of fused-ring (bicyclic) bond motifs is 3. The molecule has 0 radical (unpaired) electrons. The van der Waals surface area contributed by atoms with Crippen molar-refractivity contribution in [3.8, 4) is 11.3 Å². The van der Waals surface area contributed by atoms with E-state index in [1.165, 1.54) is 10.9 Å². The summed E-state index contributed by atoms with van der Waals surface area (Å²) in [5, 5.41) is 5.44. The number of halogens is 1. The predicted octanol–water partition coefficient (Wildman–Crippen LogP) is 4.16. The first kappa shape index (κ1) is 8.38. The summed E-state index contributed by atoms with van der Waals surface area (Å²) in [7, 11) is 0. The average Bonchev–Trinajstić information content (AvgIpc) is 2.56. The average molecular weight is 264 g/mol. The summed E-state index contributed by atoms with van der Waals surface area (Å²) in [5.74, 6) is 0. The highest BCUT2D eigenvalue weighted by Crippen LogP contribution is 2.33. The van der Waals surface area contributed by atoms with Gasteiger partial charge in [0.25, 0.3) is 0 Å². The topological polar surface area (TPSA) is 12.9 Å². The second kappa shape index (κ2) is 3.04. The Morgan fingerprint density at radius 3 is 3.07 bits per heavy atom. The Kier molecular flexibility index (Phi) is 1.82. The van der Waals surface area contributed by atoms with Crippen LogP contribution in [0.25, 0.3) is 22.2 Å². The monoisotopic (exact) mass is 263 g/mol. The Morgan fingerprint density at radius 2 is 2.14 bits per heavy atom. The molecule has 0 atom stereocenters. The molecule has 0 N–H and O–H groups in total. The lowest BCUT2D eigenvalue weighted by Gasteiger charge is -1.94. The molecule has 0 unspecified atom stereocenters. The zero-order valence-electron chi connectivity index (χ0n) is 7.20. The molecule has 1 nitrogen and oxygen atoms in total. The molecule has 0 spiro atoms. The number of hydrogen-bond donors (Lipinski definition) is 0. The SMILES string of the molecule is Brc1ccc2nc3ccscc-3c2c1. The van der Waals surface area contributed by atoms with E-state index < -0.39 is 0 Å². The van der Waals surface area contributed by atoms with Crippen LogP contribution < -0.4 is 0 Å². The molecule has 0 saturated heterocycles. The van der Waals surface area contributed by atoms with Crippen molar-refractivity contribution >= 4 is 38.2 Å². The van der Waals surface area contributed by atoms with Crippen molar-refractivity contribution in [2.24, 2.45) is 0 Å². The number of nitrogens with zero attached hydrogens (tertiary/aromatic N) is 1. The molecular weight excluding hydrogens is 258 g/mol. The van der Waals surface area contributed by atoms with Crippen LogP contribution in [-0.4, -0.2) is 4.98 Å². The number of aromatic nitrogens is 1. The summed E-state index contributed by atoms with van der Waals surface area (Å²) in [6.07, 6.45) is 0. The Labute approximate surface area is 93.9 Å². The fourth-order valence-electron chi connectivity index (χ4n) is 1.61. The van der Waals surface area contributed by atoms with Crippen molar-refractivity contribution < 1.29 is 0 Å². The molecule has 2 aliphatic rings. The molecule has 2 aliphatic heterocycles. The summed E-state index contributed by atoms with van der Waals surface area (Å²) < 4.78 is 1.10. The second-order valence-electron chi connectivity index (χ2n) is 3.13. The van der Waals surface area contributed by atoms with Crippen molar-refractivity contribution in [1.82, 2.24) is 4.98 Å². The normalized spacial score (nSPS) is 11.2. The van der Waals surface area contributed by atoms with Gasteiger partial charge in [-0.2, -0.15) is 11.3 Å². The van der Waals surface area contributed by atoms with Crippen LogP contribution in [0, 0.1) is 0 Å². The lowest BCUT2D eigenvalue weighted by atomic mass is 10.1. The highest BCUT2D eigenvalue weighted by Gasteiger charge is 2.10. The van der Waals surface area contributed by atoms with E-state index in [2.05, 4.69) is 43.8 Å². The van der Waals surface area contributed by atoms with E-state index in [1.807, 2.05) is 12.1 Å². The molecule has 0 amide bonds. The zero-order valence-corrected chi connectivity index (χ0v) is 9.60. The predicted molar refractivity (Wildman–Crippen MR) is 63.9 cm³/mol. The first-order valence-corrected chi connectivity index (χ1v) is 5.99. The Hall–Kier alpha value is -0.930. The van der Waals surface area contributed by atoms with Gasteiger partial charge in [-0.3, -0.25) is 0 Å². The van der Waals surface area contributed by atoms with Crippen molar-refractivity contribution in [1.29, 1.82) is 0 Å². The minimum absolute atomic E-state index is 1.07. The quantitative estimate of drug-likeness (QED) is 0.594. The summed E-state index contributed by atoms with van der Waals surface area (Å²) in [6, 6.07) is 8.26. The van der Waals surface area contributed by atoms with E-state index in [-0.39, 0.29) is 0 Å². The smallest absolute Gasteiger partial charge is 0.0732 e. The van der Waals surface area contributed by atoms with Gasteiger partial charge in [0, 0.05) is 20.8 Å². The third-order valence-electron chi connectivity index (χ3n) is 2.26. The van der Waals surface area contributed by atoms with Crippen LogP contribution in [0.3, 0.4) is 0 Å². The van der Waals surface area contributed by atoms with Gasteiger partial charge in [-0.1, -0.05) is 15.9 Å². The standard InChI is InChI=1S/C11H6BrNS/c12-7-1-2-10-8(5-7)9-6-14-4-3-11(9)13-10/h1-6H. The van der Waals surface area contributed by atoms with Gasteiger partial charge in [0.15, 0.2) is 0 Å². The highest BCUT2D eigenvalue weighted by atomic mass is 79.9. The molecule has 2 heterocycles. The van der Waals surface area contributed by atoms with E-state index in [9.17, 15) is 0 Å². The van der Waals surface area contributed by atoms with Gasteiger partial charge in [-0.05, 0) is 29.6 Å². The van der Waals surface area contributed by atoms with Crippen LogP contribution >= 0.6 is 27.3 Å². The van der Waals surface area contributed by atoms with Crippen LogP contribution in [0.2, 0.25) is 0 Å². The van der Waals surface area contributed by atoms with Gasteiger partial charge in [0.05, 0.1) is 11.2 Å². The Bertz CT molecular complexity index is 573. The molecule has 1 aromatic rings. The first-order valence-electron chi connectivity index (χ1n) is 4.26. The van der Waals surface area contributed by atoms with E-state index in [0.29, 0.717) is 0 Å². The van der Waals surface area contributed by atoms with Gasteiger partial charge in [0.2, 0.25) is 0 Å². The molecule has 0 aromatic heterocycles. The second-order valence-corrected chi connectivity index (χ2v) is 4.82. The van der Waals surface area contributed by atoms with Gasteiger partial charge in [-0.25, -0.2) is 4.98 Å². The van der Waals surface area contributed by atoms with Crippen LogP contribution in [0.5, 0.6) is 0 Å². The summed E-state index contributed by atoms with van der Waals surface area (Å²) >= 11 is 5.18. The molecular formula is C11H6BrNS. The third kappa shape index (κ3) is 1.16. The van der Waals surface area contributed by atoms with Crippen molar-refractivity contribution in [3.05, 3.63) is 39.5 Å². The van der Waals surface area contributed by atoms with Crippen LogP contribution in [0.15, 0.2) is 39.5 Å². The summed E-state index contributed by atoms with van der Waals surface area (Å²) in [4.78, 5) is 4.54. The lowest BCUT2D eigenvalue weighted by molar-refractivity contribution is 1.47. The van der Waals surface area contributed by atoms with Crippen molar-refractivity contribution in [2.75, 3.05) is 0 Å². The largest absolute Gasteiger partial charge is 0.248 e. The van der Waals surface area contributed by atoms with Crippen molar-refractivity contribution in [2.45, 2.75) is 0 Å². The Balaban J connectivity index is 2.51. The van der Waals surface area contributed by atoms with Gasteiger partial charge < -0.3 is 0 Å². The van der Waals surface area contributed by atoms with E-state index in [4.69, 9.17) is 0 Å². The van der Waals surface area contributed by atoms with Crippen LogP contribution in [-0.2, 0) is 0 Å². The maximum Gasteiger partial charge on any atom is 0.0732 e. The maximum absolute atomic E-state index is 4.54. The molecule has 3 rings (SSSR count). The third-order valence-corrected chi connectivity index (χ3v) is 3.41. The lowest BCUT2D eigenvalue weighted by Crippen LogP contribution is -1.70. The van der Waals surface area contributed by atoms with Crippen molar-refractivity contribution in [3.63, 3.8) is 0 Å². The molecule has 14 heavy (non-hydrogen) atoms. The highest BCUT2D eigenvalue weighted by molar-refractivity contribution is 9.10. The van der Waals surface area contributed by atoms with E-state index in [0.717, 1.165) is 15.7 Å². The number of hydrogen-bond acceptors (Lipinski definition) is 2. The van der Waals surface area contributed by atoms with Gasteiger partial charge in [0.1, 0.15) is 0 Å². The molecule has 0 aliphatic carbocycles. The Morgan fingerprint density at radius 1 is 1.21 bits per heavy atom. The summed E-state index contributed by atoms with van der Waals surface area (Å²) in [5.41, 5.74) is 3.40. The van der Waals surface area contributed by atoms with Gasteiger partial charge >= 0.3 is 0 Å². The molecule has 68 valence electrons. The van der Waals surface area contributed by atoms with Gasteiger partial charge in [-0.15, -0.1) is 0 Å². The van der Waals surface area contributed by atoms with E-state index in [1.54, 1.807) is 11.3 Å². The maximum atomic E-state index is 4.54. The zero-order chi connectivity index (χ0) is 9.54. The minimum atomic E-state index is 1.07. The molecule has 1 aromatic carbocycles. The first-order chi connectivity index (χ1) is 6.84. The summed E-state index contributed by atoms with van der Waals surface area (Å²) in [6.45, 7) is 0. The fraction of sp³-hybridized carbons (Fsp3) is 0. The molecule has 0 bridgehead atoms. The van der Waals surface area contributed by atoms with Crippen LogP contribution in [0.1, 0.15) is 0 Å². The molecule has 3 heteroatoms. The molecule has 0 fully saturated rings. The van der Waals surface area contributed by atoms with E-state index >= 15 is 0 Å². The number of rotatable bonds is 0.